The van der Waals surface area contributed by atoms with Crippen molar-refractivity contribution in [1.82, 2.24) is 0 Å². The first-order valence-electron chi connectivity index (χ1n) is 12.2. The van der Waals surface area contributed by atoms with Crippen LogP contribution in [0.25, 0.3) is 0 Å². The van der Waals surface area contributed by atoms with Crippen LogP contribution >= 0.6 is 11.8 Å². The molecule has 8 atom stereocenters. The molecule has 0 bridgehead atoms. The summed E-state index contributed by atoms with van der Waals surface area (Å²) in [6.07, 6.45) is 14.5. The van der Waals surface area contributed by atoms with Crippen molar-refractivity contribution in [3.8, 4) is 0 Å². The Balaban J connectivity index is 1.35. The van der Waals surface area contributed by atoms with Gasteiger partial charge >= 0.3 is 0 Å². The number of carbonyl (C=O) groups is 1. The van der Waals surface area contributed by atoms with Crippen LogP contribution < -0.4 is 0 Å². The molecule has 0 N–H and O–H groups in total. The number of ketones is 1. The molecule has 5 rings (SSSR count). The number of carbonyl (C=O) groups excluding carboxylic acids is 1. The molecule has 4 aliphatic carbocycles. The van der Waals surface area contributed by atoms with E-state index in [1.54, 1.807) is 11.8 Å². The molecule has 4 fully saturated rings. The molecule has 8 unspecified atom stereocenters. The van der Waals surface area contributed by atoms with Crippen molar-refractivity contribution in [2.24, 2.45) is 46.8 Å². The Kier molecular flexibility index (Phi) is 5.38. The highest BCUT2D eigenvalue weighted by Gasteiger charge is 2.58. The number of thioether (sulfide) groups is 1. The number of hydrogen-bond donors (Lipinski definition) is 0. The fourth-order valence-corrected chi connectivity index (χ4v) is 8.88. The van der Waals surface area contributed by atoms with Crippen LogP contribution in [0.5, 0.6) is 0 Å². The molecule has 0 saturated heterocycles. The first kappa shape index (κ1) is 20.2. The van der Waals surface area contributed by atoms with Gasteiger partial charge in [0.2, 0.25) is 0 Å². The predicted molar refractivity (Wildman–Crippen MR) is 122 cm³/mol. The summed E-state index contributed by atoms with van der Waals surface area (Å²) >= 11 is 1.75. The number of benzene rings is 1. The van der Waals surface area contributed by atoms with Gasteiger partial charge in [0.1, 0.15) is 0 Å². The van der Waals surface area contributed by atoms with Crippen molar-refractivity contribution in [1.29, 1.82) is 0 Å². The van der Waals surface area contributed by atoms with Crippen LogP contribution in [-0.4, -0.2) is 12.0 Å². The van der Waals surface area contributed by atoms with Crippen LogP contribution in [0.3, 0.4) is 0 Å². The molecule has 29 heavy (non-hydrogen) atoms. The lowest BCUT2D eigenvalue weighted by atomic mass is 9.49. The van der Waals surface area contributed by atoms with Gasteiger partial charge in [-0.05, 0) is 111 Å². The third-order valence-corrected chi connectivity index (χ3v) is 10.7. The van der Waals surface area contributed by atoms with Gasteiger partial charge in [-0.3, -0.25) is 4.79 Å². The minimum atomic E-state index is 0.241. The monoisotopic (exact) mass is 410 g/mol. The highest BCUT2D eigenvalue weighted by molar-refractivity contribution is 7.98. The average Bonchev–Trinajstić information content (AvgIpc) is 3.10. The second-order valence-electron chi connectivity index (χ2n) is 11.1. The summed E-state index contributed by atoms with van der Waals surface area (Å²) in [6.45, 7) is 4.97. The summed E-state index contributed by atoms with van der Waals surface area (Å²) in [5.74, 6) is 6.31. The molecule has 0 spiro atoms. The molecular formula is C27H38OS. The van der Waals surface area contributed by atoms with Crippen LogP contribution in [0, 0.1) is 46.8 Å². The Hall–Kier alpha value is -0.760. The van der Waals surface area contributed by atoms with Crippen LogP contribution in [0.2, 0.25) is 0 Å². The van der Waals surface area contributed by atoms with Crippen LogP contribution in [0.15, 0.2) is 29.2 Å². The zero-order valence-electron chi connectivity index (χ0n) is 18.5. The number of rotatable bonds is 3. The van der Waals surface area contributed by atoms with Crippen LogP contribution in [0.1, 0.15) is 82.0 Å². The van der Waals surface area contributed by atoms with Crippen molar-refractivity contribution >= 4 is 17.5 Å². The third kappa shape index (κ3) is 3.33. The van der Waals surface area contributed by atoms with Crippen LogP contribution in [0.4, 0.5) is 0 Å². The lowest BCUT2D eigenvalue weighted by Crippen LogP contribution is -2.49. The molecule has 0 amide bonds. The normalized spacial score (nSPS) is 43.9. The Morgan fingerprint density at radius 3 is 2.45 bits per heavy atom. The maximum absolute atomic E-state index is 13.5. The Morgan fingerprint density at radius 2 is 1.69 bits per heavy atom. The summed E-state index contributed by atoms with van der Waals surface area (Å²) in [5, 5.41) is 0. The van der Waals surface area contributed by atoms with E-state index < -0.39 is 0 Å². The largest absolute Gasteiger partial charge is 0.294 e. The summed E-state index contributed by atoms with van der Waals surface area (Å²) in [7, 11) is 0. The van der Waals surface area contributed by atoms with Gasteiger partial charge < -0.3 is 0 Å². The molecule has 0 aliphatic heterocycles. The minimum Gasteiger partial charge on any atom is -0.294 e. The quantitative estimate of drug-likeness (QED) is 0.379. The van der Waals surface area contributed by atoms with Gasteiger partial charge in [0.25, 0.3) is 0 Å². The van der Waals surface area contributed by atoms with E-state index in [4.69, 9.17) is 0 Å². The third-order valence-electron chi connectivity index (χ3n) is 9.91. The molecule has 1 aromatic carbocycles. The van der Waals surface area contributed by atoms with Crippen molar-refractivity contribution in [3.63, 3.8) is 0 Å². The Bertz CT molecular complexity index is 754. The maximum Gasteiger partial charge on any atom is 0.166 e. The summed E-state index contributed by atoms with van der Waals surface area (Å²) < 4.78 is 0. The van der Waals surface area contributed by atoms with Gasteiger partial charge in [0.15, 0.2) is 5.78 Å². The van der Waals surface area contributed by atoms with E-state index in [-0.39, 0.29) is 11.3 Å². The van der Waals surface area contributed by atoms with E-state index in [0.29, 0.717) is 5.78 Å². The van der Waals surface area contributed by atoms with Crippen LogP contribution in [-0.2, 0) is 0 Å². The summed E-state index contributed by atoms with van der Waals surface area (Å²) in [5.41, 5.74) is 1.19. The second-order valence-corrected chi connectivity index (χ2v) is 12.0. The highest BCUT2D eigenvalue weighted by atomic mass is 32.2. The molecule has 4 aliphatic rings. The van der Waals surface area contributed by atoms with E-state index in [1.165, 1.54) is 56.3 Å². The molecule has 1 aromatic rings. The van der Waals surface area contributed by atoms with Crippen molar-refractivity contribution < 1.29 is 4.79 Å². The fourth-order valence-electron chi connectivity index (χ4n) is 8.48. The summed E-state index contributed by atoms with van der Waals surface area (Å²) in [4.78, 5) is 14.8. The number of fused-ring (bicyclic) bond motifs is 5. The highest BCUT2D eigenvalue weighted by Crippen LogP contribution is 2.64. The molecule has 158 valence electrons. The van der Waals surface area contributed by atoms with Gasteiger partial charge in [-0.2, -0.15) is 0 Å². The molecule has 2 heteroatoms. The smallest absolute Gasteiger partial charge is 0.166 e. The Labute approximate surface area is 181 Å². The molecule has 1 nitrogen and oxygen atoms in total. The number of Topliss-reactive ketones (excluding diaryl/α,β-unsaturated/α-hetero) is 1. The zero-order chi connectivity index (χ0) is 20.2. The lowest BCUT2D eigenvalue weighted by Gasteiger charge is -2.56. The van der Waals surface area contributed by atoms with Gasteiger partial charge in [-0.15, -0.1) is 11.8 Å². The second kappa shape index (κ2) is 7.74. The minimum absolute atomic E-state index is 0.241. The predicted octanol–water partition coefficient (Wildman–Crippen LogP) is 7.50. The Morgan fingerprint density at radius 1 is 0.931 bits per heavy atom. The van der Waals surface area contributed by atoms with Crippen molar-refractivity contribution in [3.05, 3.63) is 29.8 Å². The first-order chi connectivity index (χ1) is 14.0. The van der Waals surface area contributed by atoms with Gasteiger partial charge in [0, 0.05) is 16.4 Å². The molecule has 4 saturated carbocycles. The molecule has 0 heterocycles. The van der Waals surface area contributed by atoms with Crippen molar-refractivity contribution in [2.45, 2.75) is 76.5 Å². The summed E-state index contributed by atoms with van der Waals surface area (Å²) in [6, 6.07) is 8.39. The van der Waals surface area contributed by atoms with Gasteiger partial charge in [-0.1, -0.05) is 32.4 Å². The standard InChI is InChI=1S/C27H38OS/c1-17-4-10-21-19(16-17)7-11-23-22(21)14-15-27(2)24(23)12-13-25(27)26(28)18-5-8-20(29-3)9-6-18/h5-6,8-9,17,19,21-25H,4,7,10-16H2,1-3H3. The molecule has 0 aromatic heterocycles. The van der Waals surface area contributed by atoms with E-state index >= 15 is 0 Å². The van der Waals surface area contributed by atoms with Crippen molar-refractivity contribution in [2.75, 3.05) is 6.26 Å². The van der Waals surface area contributed by atoms with Gasteiger partial charge in [-0.25, -0.2) is 0 Å². The van der Waals surface area contributed by atoms with E-state index in [0.717, 1.165) is 47.5 Å². The number of hydrogen-bond acceptors (Lipinski definition) is 2. The lowest BCUT2D eigenvalue weighted by molar-refractivity contribution is -0.0634. The molecule has 0 radical (unpaired) electrons. The molecular weight excluding hydrogens is 372 g/mol. The SMILES string of the molecule is CSc1ccc(C(=O)C2CCC3C4CCC5CC(C)CCC5C4CCC23C)cc1. The zero-order valence-corrected chi connectivity index (χ0v) is 19.3. The average molecular weight is 411 g/mol. The van der Waals surface area contributed by atoms with E-state index in [2.05, 4.69) is 44.4 Å². The van der Waals surface area contributed by atoms with Gasteiger partial charge in [0.05, 0.1) is 0 Å². The fraction of sp³-hybridized carbons (Fsp3) is 0.741. The van der Waals surface area contributed by atoms with E-state index in [9.17, 15) is 4.79 Å². The van der Waals surface area contributed by atoms with E-state index in [1.807, 2.05) is 0 Å². The maximum atomic E-state index is 13.5. The topological polar surface area (TPSA) is 17.1 Å². The first-order valence-corrected chi connectivity index (χ1v) is 13.4.